The highest BCUT2D eigenvalue weighted by Gasteiger charge is 2.06. The summed E-state index contributed by atoms with van der Waals surface area (Å²) in [7, 11) is 0. The lowest BCUT2D eigenvalue weighted by Gasteiger charge is -2.08. The second kappa shape index (κ2) is 8.20. The van der Waals surface area contributed by atoms with Crippen LogP contribution in [0.25, 0.3) is 0 Å². The number of aryl methyl sites for hydroxylation is 1. The van der Waals surface area contributed by atoms with Gasteiger partial charge in [-0.2, -0.15) is 0 Å². The van der Waals surface area contributed by atoms with Gasteiger partial charge in [-0.1, -0.05) is 31.2 Å². The molecule has 0 heterocycles. The van der Waals surface area contributed by atoms with E-state index in [1.807, 2.05) is 24.3 Å². The van der Waals surface area contributed by atoms with Crippen molar-refractivity contribution in [3.05, 3.63) is 65.2 Å². The van der Waals surface area contributed by atoms with Gasteiger partial charge in [0.15, 0.2) is 0 Å². The smallest absolute Gasteiger partial charge is 0.338 e. The first-order valence-electron chi connectivity index (χ1n) is 7.31. The SMILES string of the molecule is CCc1cccc(OCCOC(=O)c2ccc(CO)cc2)c1. The van der Waals surface area contributed by atoms with Crippen LogP contribution in [0.2, 0.25) is 0 Å². The van der Waals surface area contributed by atoms with Crippen molar-refractivity contribution in [2.75, 3.05) is 13.2 Å². The van der Waals surface area contributed by atoms with Crippen LogP contribution >= 0.6 is 0 Å². The van der Waals surface area contributed by atoms with E-state index in [1.54, 1.807) is 24.3 Å². The van der Waals surface area contributed by atoms with Crippen LogP contribution < -0.4 is 4.74 Å². The maximum Gasteiger partial charge on any atom is 0.338 e. The highest BCUT2D eigenvalue weighted by Crippen LogP contribution is 2.13. The highest BCUT2D eigenvalue weighted by molar-refractivity contribution is 5.89. The Hall–Kier alpha value is -2.33. The van der Waals surface area contributed by atoms with Gasteiger partial charge in [-0.05, 0) is 41.8 Å². The lowest BCUT2D eigenvalue weighted by molar-refractivity contribution is 0.0450. The molecule has 4 nitrogen and oxygen atoms in total. The summed E-state index contributed by atoms with van der Waals surface area (Å²) < 4.78 is 10.7. The minimum absolute atomic E-state index is 0.0417. The van der Waals surface area contributed by atoms with Gasteiger partial charge in [0, 0.05) is 0 Å². The quantitative estimate of drug-likeness (QED) is 0.631. The standard InChI is InChI=1S/C18H20O4/c1-2-14-4-3-5-17(12-14)21-10-11-22-18(20)16-8-6-15(13-19)7-9-16/h3-9,12,19H,2,10-11,13H2,1H3. The van der Waals surface area contributed by atoms with Gasteiger partial charge in [-0.15, -0.1) is 0 Å². The number of aliphatic hydroxyl groups is 1. The van der Waals surface area contributed by atoms with Crippen LogP contribution in [0.1, 0.15) is 28.4 Å². The molecule has 0 aliphatic rings. The first-order valence-corrected chi connectivity index (χ1v) is 7.31. The zero-order valence-electron chi connectivity index (χ0n) is 12.6. The monoisotopic (exact) mass is 300 g/mol. The van der Waals surface area contributed by atoms with Crippen molar-refractivity contribution in [1.82, 2.24) is 0 Å². The predicted octanol–water partition coefficient (Wildman–Crippen LogP) is 2.98. The molecule has 0 aliphatic heterocycles. The summed E-state index contributed by atoms with van der Waals surface area (Å²) in [5.41, 5.74) is 2.43. The van der Waals surface area contributed by atoms with E-state index in [0.29, 0.717) is 12.2 Å². The summed E-state index contributed by atoms with van der Waals surface area (Å²) in [6, 6.07) is 14.5. The van der Waals surface area contributed by atoms with Gasteiger partial charge in [0.2, 0.25) is 0 Å². The van der Waals surface area contributed by atoms with E-state index in [0.717, 1.165) is 17.7 Å². The van der Waals surface area contributed by atoms with E-state index in [9.17, 15) is 4.79 Å². The minimum atomic E-state index is -0.393. The molecule has 0 amide bonds. The summed E-state index contributed by atoms with van der Waals surface area (Å²) in [4.78, 5) is 11.8. The van der Waals surface area contributed by atoms with Gasteiger partial charge >= 0.3 is 5.97 Å². The number of carbonyl (C=O) groups excluding carboxylic acids is 1. The zero-order valence-corrected chi connectivity index (χ0v) is 12.6. The van der Waals surface area contributed by atoms with Crippen LogP contribution in [0, 0.1) is 0 Å². The lowest BCUT2D eigenvalue weighted by atomic mass is 10.1. The number of rotatable bonds is 7. The van der Waals surface area contributed by atoms with E-state index >= 15 is 0 Å². The molecule has 1 N–H and O–H groups in total. The predicted molar refractivity (Wildman–Crippen MR) is 84.0 cm³/mol. The van der Waals surface area contributed by atoms with Crippen molar-refractivity contribution < 1.29 is 19.4 Å². The molecule has 22 heavy (non-hydrogen) atoms. The van der Waals surface area contributed by atoms with Crippen molar-refractivity contribution in [3.63, 3.8) is 0 Å². The van der Waals surface area contributed by atoms with Gasteiger partial charge in [0.25, 0.3) is 0 Å². The maximum absolute atomic E-state index is 11.8. The molecule has 0 aliphatic carbocycles. The van der Waals surface area contributed by atoms with Gasteiger partial charge in [0.1, 0.15) is 19.0 Å². The van der Waals surface area contributed by atoms with Gasteiger partial charge in [0.05, 0.1) is 12.2 Å². The Morgan fingerprint density at radius 1 is 1.05 bits per heavy atom. The number of benzene rings is 2. The normalized spacial score (nSPS) is 10.3. The molecule has 0 aromatic heterocycles. The van der Waals surface area contributed by atoms with E-state index in [2.05, 4.69) is 6.92 Å². The third-order valence-corrected chi connectivity index (χ3v) is 3.26. The van der Waals surface area contributed by atoms with Crippen LogP contribution in [0.15, 0.2) is 48.5 Å². The first kappa shape index (κ1) is 16.0. The number of hydrogen-bond donors (Lipinski definition) is 1. The molecule has 0 saturated heterocycles. The van der Waals surface area contributed by atoms with E-state index in [1.165, 1.54) is 5.56 Å². The molecule has 116 valence electrons. The third-order valence-electron chi connectivity index (χ3n) is 3.26. The van der Waals surface area contributed by atoms with Crippen LogP contribution in [0.4, 0.5) is 0 Å². The number of carbonyl (C=O) groups is 1. The number of aliphatic hydroxyl groups excluding tert-OH is 1. The summed E-state index contributed by atoms with van der Waals surface area (Å²) >= 11 is 0. The molecule has 2 aromatic carbocycles. The fraction of sp³-hybridized carbons (Fsp3) is 0.278. The average molecular weight is 300 g/mol. The molecule has 4 heteroatoms. The van der Waals surface area contributed by atoms with Gasteiger partial charge in [-0.3, -0.25) is 0 Å². The second-order valence-corrected chi connectivity index (χ2v) is 4.84. The third kappa shape index (κ3) is 4.60. The van der Waals surface area contributed by atoms with Crippen LogP contribution in [-0.2, 0) is 17.8 Å². The van der Waals surface area contributed by atoms with Crippen LogP contribution in [0.3, 0.4) is 0 Å². The van der Waals surface area contributed by atoms with Crippen molar-refractivity contribution in [2.45, 2.75) is 20.0 Å². The molecule has 0 spiro atoms. The summed E-state index contributed by atoms with van der Waals surface area (Å²) in [6.45, 7) is 2.55. The number of esters is 1. The van der Waals surface area contributed by atoms with E-state index in [-0.39, 0.29) is 13.2 Å². The van der Waals surface area contributed by atoms with E-state index < -0.39 is 5.97 Å². The first-order chi connectivity index (χ1) is 10.7. The van der Waals surface area contributed by atoms with Crippen molar-refractivity contribution in [1.29, 1.82) is 0 Å². The Bertz CT molecular complexity index is 605. The fourth-order valence-electron chi connectivity index (χ4n) is 1.98. The molecule has 0 bridgehead atoms. The molecule has 2 rings (SSSR count). The second-order valence-electron chi connectivity index (χ2n) is 4.84. The molecule has 0 atom stereocenters. The summed E-state index contributed by atoms with van der Waals surface area (Å²) in [5, 5.41) is 8.95. The van der Waals surface area contributed by atoms with Crippen LogP contribution in [-0.4, -0.2) is 24.3 Å². The maximum atomic E-state index is 11.8. The lowest BCUT2D eigenvalue weighted by Crippen LogP contribution is -2.12. The fourth-order valence-corrected chi connectivity index (χ4v) is 1.98. The van der Waals surface area contributed by atoms with Crippen molar-refractivity contribution in [2.24, 2.45) is 0 Å². The Kier molecular flexibility index (Phi) is 5.98. The summed E-state index contributed by atoms with van der Waals surface area (Å²) in [6.07, 6.45) is 0.954. The number of ether oxygens (including phenoxy) is 2. The summed E-state index contributed by atoms with van der Waals surface area (Å²) in [5.74, 6) is 0.387. The highest BCUT2D eigenvalue weighted by atomic mass is 16.6. The Morgan fingerprint density at radius 2 is 1.82 bits per heavy atom. The average Bonchev–Trinajstić information content (AvgIpc) is 2.58. The minimum Gasteiger partial charge on any atom is -0.490 e. The molecular formula is C18H20O4. The Labute approximate surface area is 130 Å². The van der Waals surface area contributed by atoms with Gasteiger partial charge in [-0.25, -0.2) is 4.79 Å². The zero-order chi connectivity index (χ0) is 15.8. The topological polar surface area (TPSA) is 55.8 Å². The largest absolute Gasteiger partial charge is 0.490 e. The Morgan fingerprint density at radius 3 is 2.50 bits per heavy atom. The van der Waals surface area contributed by atoms with E-state index in [4.69, 9.17) is 14.6 Å². The van der Waals surface area contributed by atoms with Crippen molar-refractivity contribution in [3.8, 4) is 5.75 Å². The number of hydrogen-bond acceptors (Lipinski definition) is 4. The molecule has 2 aromatic rings. The molecule has 0 unspecified atom stereocenters. The molecule has 0 radical (unpaired) electrons. The molecular weight excluding hydrogens is 280 g/mol. The molecule has 0 fully saturated rings. The van der Waals surface area contributed by atoms with Crippen LogP contribution in [0.5, 0.6) is 5.75 Å². The Balaban J connectivity index is 1.76. The van der Waals surface area contributed by atoms with Gasteiger partial charge < -0.3 is 14.6 Å². The molecule has 0 saturated carbocycles. The van der Waals surface area contributed by atoms with Crippen molar-refractivity contribution >= 4 is 5.97 Å².